The molecule has 0 radical (unpaired) electrons. The highest BCUT2D eigenvalue weighted by atomic mass is 16.5. The summed E-state index contributed by atoms with van der Waals surface area (Å²) in [7, 11) is 0. The first-order valence-corrected chi connectivity index (χ1v) is 26.6. The Morgan fingerprint density at radius 3 is 1.94 bits per heavy atom. The fourth-order valence-corrected chi connectivity index (χ4v) is 8.43. The van der Waals surface area contributed by atoms with Crippen LogP contribution in [-0.4, -0.2) is 182 Å². The number of carboxylic acids is 3. The first-order chi connectivity index (χ1) is 39.3. The molecule has 0 bridgehead atoms. The molecule has 3 aromatic rings. The summed E-state index contributed by atoms with van der Waals surface area (Å²) in [5, 5.41) is 66.0. The number of ether oxygens (including phenoxy) is 4. The molecule has 27 heteroatoms. The van der Waals surface area contributed by atoms with Crippen molar-refractivity contribution in [1.82, 2.24) is 42.1 Å². The Labute approximate surface area is 472 Å². The maximum Gasteiger partial charge on any atom is 0.326 e. The molecule has 1 aliphatic heterocycles. The average Bonchev–Trinajstić information content (AvgIpc) is 3.99. The number of aliphatic carboxylic acids is 3. The summed E-state index contributed by atoms with van der Waals surface area (Å²) in [6.07, 6.45) is -0.651. The molecule has 5 atom stereocenters. The van der Waals surface area contributed by atoms with Crippen LogP contribution in [0.4, 0.5) is 4.79 Å². The summed E-state index contributed by atoms with van der Waals surface area (Å²) in [6, 6.07) is 14.1. The third kappa shape index (κ3) is 24.6. The number of carboxylic acid groups (broad SMARTS) is 3. The van der Waals surface area contributed by atoms with Gasteiger partial charge in [-0.2, -0.15) is 10.5 Å². The molecule has 0 saturated carbocycles. The van der Waals surface area contributed by atoms with Crippen LogP contribution in [0.15, 0.2) is 60.7 Å². The van der Waals surface area contributed by atoms with E-state index in [1.807, 2.05) is 48.5 Å². The smallest absolute Gasteiger partial charge is 0.326 e. The van der Waals surface area contributed by atoms with Crippen molar-refractivity contribution < 1.29 is 82.2 Å². The van der Waals surface area contributed by atoms with Crippen LogP contribution in [0.1, 0.15) is 81.4 Å². The summed E-state index contributed by atoms with van der Waals surface area (Å²) < 4.78 is 22.1. The van der Waals surface area contributed by atoms with Crippen molar-refractivity contribution >= 4 is 70.2 Å². The van der Waals surface area contributed by atoms with E-state index in [9.17, 15) is 68.7 Å². The molecule has 8 amide bonds. The number of hydrogen-bond acceptors (Lipinski definition) is 16. The minimum Gasteiger partial charge on any atom is -0.493 e. The van der Waals surface area contributed by atoms with Gasteiger partial charge in [-0.25, -0.2) is 14.4 Å². The number of nitrogens with one attached hydrogen (secondary N) is 7. The maximum absolute atomic E-state index is 13.9. The van der Waals surface area contributed by atoms with E-state index in [2.05, 4.69) is 37.2 Å². The predicted octanol–water partition coefficient (Wildman–Crippen LogP) is 0.604. The molecular weight excluding hydrogens is 1070 g/mol. The second kappa shape index (κ2) is 35.6. The quantitative estimate of drug-likeness (QED) is 0.0353. The normalized spacial score (nSPS) is 14.6. The lowest BCUT2D eigenvalue weighted by molar-refractivity contribution is -0.141. The van der Waals surface area contributed by atoms with Crippen LogP contribution in [0.3, 0.4) is 0 Å². The van der Waals surface area contributed by atoms with Gasteiger partial charge in [0.05, 0.1) is 82.5 Å². The van der Waals surface area contributed by atoms with Crippen molar-refractivity contribution in [2.45, 2.75) is 101 Å². The highest BCUT2D eigenvalue weighted by Gasteiger charge is 2.40. The van der Waals surface area contributed by atoms with Crippen molar-refractivity contribution in [2.75, 3.05) is 72.4 Å². The molecule has 1 fully saturated rings. The van der Waals surface area contributed by atoms with E-state index in [0.717, 1.165) is 10.8 Å². The zero-order valence-electron chi connectivity index (χ0n) is 45.4. The zero-order valence-corrected chi connectivity index (χ0v) is 45.4. The molecule has 82 heavy (non-hydrogen) atoms. The second-order valence-corrected chi connectivity index (χ2v) is 18.9. The van der Waals surface area contributed by atoms with Gasteiger partial charge in [0.2, 0.25) is 35.4 Å². The van der Waals surface area contributed by atoms with Crippen LogP contribution in [-0.2, 0) is 63.8 Å². The molecule has 0 aromatic heterocycles. The Kier molecular flexibility index (Phi) is 28.5. The highest BCUT2D eigenvalue weighted by molar-refractivity contribution is 5.93. The fraction of sp³-hybridized carbons (Fsp3) is 0.491. The molecule has 0 unspecified atom stereocenters. The summed E-state index contributed by atoms with van der Waals surface area (Å²) in [6.45, 7) is 2.41. The third-order valence-electron chi connectivity index (χ3n) is 12.5. The van der Waals surface area contributed by atoms with Gasteiger partial charge in [-0.1, -0.05) is 42.5 Å². The molecule has 0 aliphatic carbocycles. The van der Waals surface area contributed by atoms with Crippen LogP contribution >= 0.6 is 0 Å². The number of nitrogens with zero attached hydrogens (tertiary/aromatic N) is 3. The van der Waals surface area contributed by atoms with Gasteiger partial charge in [-0.15, -0.1) is 0 Å². The molecule has 27 nitrogen and oxygen atoms in total. The van der Waals surface area contributed by atoms with Crippen molar-refractivity contribution in [2.24, 2.45) is 0 Å². The Hall–Kier alpha value is -8.92. The number of fused-ring (bicyclic) bond motifs is 1. The molecule has 4 rings (SSSR count). The number of likely N-dealkylation sites (tertiary alicyclic amines) is 1. The van der Waals surface area contributed by atoms with Crippen LogP contribution in [0.2, 0.25) is 0 Å². The van der Waals surface area contributed by atoms with Crippen LogP contribution < -0.4 is 42.0 Å². The molecule has 1 aliphatic rings. The molecule has 1 heterocycles. The van der Waals surface area contributed by atoms with Gasteiger partial charge in [0.15, 0.2) is 0 Å². The van der Waals surface area contributed by atoms with Crippen molar-refractivity contribution in [3.05, 3.63) is 77.4 Å². The highest BCUT2D eigenvalue weighted by Crippen LogP contribution is 2.21. The Morgan fingerprint density at radius 2 is 1.29 bits per heavy atom. The molecule has 1 saturated heterocycles. The van der Waals surface area contributed by atoms with Gasteiger partial charge < -0.3 is 76.4 Å². The lowest BCUT2D eigenvalue weighted by Gasteiger charge is -2.24. The van der Waals surface area contributed by atoms with E-state index in [-0.39, 0.29) is 115 Å². The van der Waals surface area contributed by atoms with Gasteiger partial charge in [-0.3, -0.25) is 33.6 Å². The lowest BCUT2D eigenvalue weighted by Crippen LogP contribution is -2.52. The number of hydrogen-bond donors (Lipinski definition) is 10. The number of amides is 8. The summed E-state index contributed by atoms with van der Waals surface area (Å²) >= 11 is 0. The summed E-state index contributed by atoms with van der Waals surface area (Å²) in [5.41, 5.74) is 1.16. The van der Waals surface area contributed by atoms with Crippen LogP contribution in [0, 0.1) is 22.7 Å². The van der Waals surface area contributed by atoms with Crippen LogP contribution in [0.25, 0.3) is 10.8 Å². The van der Waals surface area contributed by atoms with Gasteiger partial charge in [0, 0.05) is 51.9 Å². The molecular formula is C55H70N10O17. The molecule has 0 spiro atoms. The minimum absolute atomic E-state index is 0.00183. The van der Waals surface area contributed by atoms with Crippen LogP contribution in [0.5, 0.6) is 5.75 Å². The SMILES string of the molecule is CC(=O)NCCOCCOCCOCCC(=O)N1C[C@H](NC(=O)CCCOc2cc(C#N)cc(C#N)c2)C[C@H]1C(=O)NCC(=O)N[C@@H](Cc1ccc2ccccc2c1)C(=O)NCCCC[C@H](NC(=O)N[C@@H](CCC(=O)O)C(=O)O)C(=O)O. The molecule has 442 valence electrons. The van der Waals surface area contributed by atoms with E-state index in [1.165, 1.54) is 30.0 Å². The number of carbonyl (C=O) groups excluding carboxylic acids is 7. The number of urea groups is 1. The molecule has 3 aromatic carbocycles. The Balaban J connectivity index is 1.35. The van der Waals surface area contributed by atoms with E-state index < -0.39 is 103 Å². The maximum atomic E-state index is 13.9. The first-order valence-electron chi connectivity index (χ1n) is 26.6. The van der Waals surface area contributed by atoms with Crippen molar-refractivity contribution in [3.8, 4) is 17.9 Å². The van der Waals surface area contributed by atoms with Gasteiger partial charge in [0.25, 0.3) is 0 Å². The summed E-state index contributed by atoms with van der Waals surface area (Å²) in [4.78, 5) is 127. The van der Waals surface area contributed by atoms with Gasteiger partial charge in [0.1, 0.15) is 29.9 Å². The van der Waals surface area contributed by atoms with E-state index in [0.29, 0.717) is 31.1 Å². The Morgan fingerprint density at radius 1 is 0.646 bits per heavy atom. The van der Waals surface area contributed by atoms with Crippen molar-refractivity contribution in [1.29, 1.82) is 10.5 Å². The standard InChI is InChI=1S/C55H70N10O17/c1-35(66)58-17-20-80-22-24-81-23-21-79-19-15-49(69)65-34-41(61-47(67)10-6-18-82-42-27-37(31-56)25-38(28-42)32-57)30-46(65)52(73)60-33-48(68)62-45(29-36-11-12-39-7-2-3-8-40(39)26-36)51(72)59-16-5-4-9-43(53(74)75)63-55(78)64-44(54(76)77)13-14-50(70)71/h2-3,7-8,11-12,25-28,41,43-46H,4-6,9-10,13-24,29-30,33-34H2,1H3,(H,58,66)(H,59,72)(H,60,73)(H,61,67)(H,62,68)(H,70,71)(H,74,75)(H,76,77)(H2,63,64,78)/t41-,43+,44+,45+,46+/m1/s1. The first kappa shape index (κ1) is 65.6. The number of rotatable bonds is 37. The van der Waals surface area contributed by atoms with Gasteiger partial charge >= 0.3 is 23.9 Å². The average molecular weight is 1140 g/mol. The fourth-order valence-electron chi connectivity index (χ4n) is 8.43. The number of carbonyl (C=O) groups is 10. The largest absolute Gasteiger partial charge is 0.493 e. The molecule has 10 N–H and O–H groups in total. The van der Waals surface area contributed by atoms with E-state index >= 15 is 0 Å². The third-order valence-corrected chi connectivity index (χ3v) is 12.5. The van der Waals surface area contributed by atoms with Crippen molar-refractivity contribution in [3.63, 3.8) is 0 Å². The Bertz CT molecular complexity index is 2750. The number of benzene rings is 3. The monoisotopic (exact) mass is 1140 g/mol. The number of nitriles is 2. The predicted molar refractivity (Wildman–Crippen MR) is 289 cm³/mol. The van der Waals surface area contributed by atoms with E-state index in [4.69, 9.17) is 24.1 Å². The van der Waals surface area contributed by atoms with E-state index in [1.54, 1.807) is 6.07 Å². The minimum atomic E-state index is -1.58. The lowest BCUT2D eigenvalue weighted by atomic mass is 10.0. The zero-order chi connectivity index (χ0) is 59.8. The topological polar surface area (TPSA) is 403 Å². The summed E-state index contributed by atoms with van der Waals surface area (Å²) in [5.74, 6) is -7.03. The second-order valence-electron chi connectivity index (χ2n) is 18.9. The number of unbranched alkanes of at least 4 members (excludes halogenated alkanes) is 1. The van der Waals surface area contributed by atoms with Gasteiger partial charge in [-0.05, 0) is 73.1 Å².